The number of hydrogen-bond acceptors (Lipinski definition) is 5. The Morgan fingerprint density at radius 2 is 1.88 bits per heavy atom. The van der Waals surface area contributed by atoms with Crippen LogP contribution in [0.3, 0.4) is 0 Å². The number of hydrogen-bond donors (Lipinski definition) is 1. The Hall–Kier alpha value is -1.35. The van der Waals surface area contributed by atoms with Crippen LogP contribution < -0.4 is 5.73 Å². The highest BCUT2D eigenvalue weighted by atomic mass is 35.5. The van der Waals surface area contributed by atoms with Crippen molar-refractivity contribution in [2.45, 2.75) is 17.7 Å². The van der Waals surface area contributed by atoms with E-state index in [-0.39, 0.29) is 40.9 Å². The van der Waals surface area contributed by atoms with Crippen molar-refractivity contribution in [2.75, 3.05) is 19.7 Å². The van der Waals surface area contributed by atoms with E-state index in [0.717, 1.165) is 0 Å². The van der Waals surface area contributed by atoms with Crippen molar-refractivity contribution in [2.24, 2.45) is 11.7 Å². The number of halogens is 2. The van der Waals surface area contributed by atoms with Crippen LogP contribution in [0.2, 0.25) is 10.0 Å². The monoisotopic (exact) mass is 394 g/mol. The molecule has 0 unspecified atom stereocenters. The van der Waals surface area contributed by atoms with Gasteiger partial charge in [0.1, 0.15) is 4.90 Å². The van der Waals surface area contributed by atoms with Gasteiger partial charge in [0.05, 0.1) is 16.0 Å². The van der Waals surface area contributed by atoms with Crippen molar-refractivity contribution in [1.82, 2.24) is 4.31 Å². The minimum atomic E-state index is -3.80. The van der Waals surface area contributed by atoms with Gasteiger partial charge in [0, 0.05) is 13.1 Å². The second-order valence-corrected chi connectivity index (χ2v) is 8.00. The fraction of sp³-hybridized carbons (Fsp3) is 0.429. The maximum atomic E-state index is 12.7. The van der Waals surface area contributed by atoms with E-state index in [1.165, 1.54) is 22.5 Å². The standard InChI is InChI=1S/C14H16Cl2N2O5S/c15-10-2-1-3-11(13(10)16)24(21,22)18-6-4-9(5-7-18)14(20)23-8-12(17)19/h1-3,9H,4-8H2,(H2,17,19). The summed E-state index contributed by atoms with van der Waals surface area (Å²) < 4.78 is 31.3. The average Bonchev–Trinajstić information content (AvgIpc) is 2.55. The summed E-state index contributed by atoms with van der Waals surface area (Å²) in [5, 5.41) is 0.129. The summed E-state index contributed by atoms with van der Waals surface area (Å²) in [5.41, 5.74) is 4.91. The first-order valence-electron chi connectivity index (χ1n) is 7.12. The Kier molecular flexibility index (Phi) is 6.08. The molecule has 1 saturated heterocycles. The second-order valence-electron chi connectivity index (χ2n) is 5.30. The van der Waals surface area contributed by atoms with E-state index in [1.54, 1.807) is 0 Å². The molecule has 1 amide bonds. The molecule has 7 nitrogen and oxygen atoms in total. The van der Waals surface area contributed by atoms with Gasteiger partial charge in [-0.2, -0.15) is 4.31 Å². The molecule has 0 radical (unpaired) electrons. The molecule has 0 bridgehead atoms. The summed E-state index contributed by atoms with van der Waals surface area (Å²) >= 11 is 11.9. The van der Waals surface area contributed by atoms with Gasteiger partial charge in [-0.1, -0.05) is 29.3 Å². The predicted molar refractivity (Wildman–Crippen MR) is 88.1 cm³/mol. The van der Waals surface area contributed by atoms with Crippen molar-refractivity contribution in [3.63, 3.8) is 0 Å². The number of nitrogens with zero attached hydrogens (tertiary/aromatic N) is 1. The number of benzene rings is 1. The number of amides is 1. The second kappa shape index (κ2) is 7.69. The molecular formula is C14H16Cl2N2O5S. The maximum absolute atomic E-state index is 12.7. The molecule has 0 atom stereocenters. The van der Waals surface area contributed by atoms with Crippen molar-refractivity contribution in [1.29, 1.82) is 0 Å². The van der Waals surface area contributed by atoms with Gasteiger partial charge >= 0.3 is 5.97 Å². The highest BCUT2D eigenvalue weighted by Crippen LogP contribution is 2.32. The lowest BCUT2D eigenvalue weighted by Crippen LogP contribution is -2.41. The predicted octanol–water partition coefficient (Wildman–Crippen LogP) is 1.42. The number of primary amides is 1. The van der Waals surface area contributed by atoms with Crippen molar-refractivity contribution >= 4 is 45.1 Å². The highest BCUT2D eigenvalue weighted by Gasteiger charge is 2.34. The van der Waals surface area contributed by atoms with Gasteiger partial charge in [0.25, 0.3) is 5.91 Å². The summed E-state index contributed by atoms with van der Waals surface area (Å²) in [6.45, 7) is -0.196. The van der Waals surface area contributed by atoms with E-state index < -0.39 is 34.4 Å². The zero-order valence-corrected chi connectivity index (χ0v) is 14.9. The molecule has 1 aromatic carbocycles. The van der Waals surface area contributed by atoms with Crippen molar-refractivity contribution in [3.8, 4) is 0 Å². The SMILES string of the molecule is NC(=O)COC(=O)C1CCN(S(=O)(=O)c2cccc(Cl)c2Cl)CC1. The minimum Gasteiger partial charge on any atom is -0.455 e. The van der Waals surface area contributed by atoms with Gasteiger partial charge in [-0.05, 0) is 25.0 Å². The van der Waals surface area contributed by atoms with Crippen LogP contribution in [-0.2, 0) is 24.3 Å². The lowest BCUT2D eigenvalue weighted by Gasteiger charge is -2.30. The first-order chi connectivity index (χ1) is 11.2. The number of piperidine rings is 1. The van der Waals surface area contributed by atoms with Gasteiger partial charge in [0.2, 0.25) is 10.0 Å². The number of esters is 1. The van der Waals surface area contributed by atoms with E-state index in [9.17, 15) is 18.0 Å². The van der Waals surface area contributed by atoms with Crippen molar-refractivity contribution < 1.29 is 22.7 Å². The molecule has 2 N–H and O–H groups in total. The van der Waals surface area contributed by atoms with E-state index in [0.29, 0.717) is 0 Å². The summed E-state index contributed by atoms with van der Waals surface area (Å²) in [4.78, 5) is 22.3. The van der Waals surface area contributed by atoms with Crippen molar-refractivity contribution in [3.05, 3.63) is 28.2 Å². The minimum absolute atomic E-state index is 0.0258. The third-order valence-electron chi connectivity index (χ3n) is 3.68. The van der Waals surface area contributed by atoms with Gasteiger partial charge in [-0.3, -0.25) is 9.59 Å². The maximum Gasteiger partial charge on any atom is 0.309 e. The first-order valence-corrected chi connectivity index (χ1v) is 9.32. The Morgan fingerprint density at radius 3 is 2.46 bits per heavy atom. The largest absolute Gasteiger partial charge is 0.455 e. The molecular weight excluding hydrogens is 379 g/mol. The first kappa shape index (κ1) is 19.0. The molecule has 0 spiro atoms. The molecule has 0 saturated carbocycles. The number of carbonyl (C=O) groups is 2. The molecule has 0 aliphatic carbocycles. The topological polar surface area (TPSA) is 107 Å². The zero-order valence-electron chi connectivity index (χ0n) is 12.6. The summed E-state index contributed by atoms with van der Waals surface area (Å²) in [6.07, 6.45) is 0.573. The zero-order chi connectivity index (χ0) is 17.9. The lowest BCUT2D eigenvalue weighted by atomic mass is 9.98. The molecule has 1 aliphatic rings. The number of ether oxygens (including phenoxy) is 1. The van der Waals surface area contributed by atoms with Crippen LogP contribution in [0.1, 0.15) is 12.8 Å². The Morgan fingerprint density at radius 1 is 1.25 bits per heavy atom. The van der Waals surface area contributed by atoms with E-state index in [4.69, 9.17) is 33.7 Å². The number of sulfonamides is 1. The molecule has 1 aliphatic heterocycles. The van der Waals surface area contributed by atoms with Crippen LogP contribution in [-0.4, -0.2) is 44.3 Å². The molecule has 2 rings (SSSR count). The summed E-state index contributed by atoms with van der Waals surface area (Å²) in [6, 6.07) is 4.40. The molecule has 132 valence electrons. The van der Waals surface area contributed by atoms with Crippen LogP contribution in [0.5, 0.6) is 0 Å². The molecule has 1 fully saturated rings. The number of rotatable bonds is 5. The summed E-state index contributed by atoms with van der Waals surface area (Å²) in [5.74, 6) is -1.75. The molecule has 10 heteroatoms. The Bertz CT molecular complexity index is 746. The van der Waals surface area contributed by atoms with Crippen LogP contribution >= 0.6 is 23.2 Å². The smallest absolute Gasteiger partial charge is 0.309 e. The Labute approximate surface area is 149 Å². The Balaban J connectivity index is 2.05. The van der Waals surface area contributed by atoms with Gasteiger partial charge in [-0.25, -0.2) is 8.42 Å². The quantitative estimate of drug-likeness (QED) is 0.759. The summed E-state index contributed by atoms with van der Waals surface area (Å²) in [7, 11) is -3.80. The fourth-order valence-corrected chi connectivity index (χ4v) is 4.62. The van der Waals surface area contributed by atoms with Crippen LogP contribution in [0.25, 0.3) is 0 Å². The fourth-order valence-electron chi connectivity index (χ4n) is 2.41. The van der Waals surface area contributed by atoms with Gasteiger partial charge in [0.15, 0.2) is 6.61 Å². The third kappa shape index (κ3) is 4.18. The van der Waals surface area contributed by atoms with Crippen LogP contribution in [0.15, 0.2) is 23.1 Å². The van der Waals surface area contributed by atoms with Crippen LogP contribution in [0.4, 0.5) is 0 Å². The third-order valence-corrected chi connectivity index (χ3v) is 6.55. The molecule has 0 aromatic heterocycles. The number of carbonyl (C=O) groups excluding carboxylic acids is 2. The number of nitrogens with two attached hydrogens (primary N) is 1. The van der Waals surface area contributed by atoms with E-state index in [2.05, 4.69) is 0 Å². The molecule has 24 heavy (non-hydrogen) atoms. The van der Waals surface area contributed by atoms with Crippen LogP contribution in [0, 0.1) is 5.92 Å². The average molecular weight is 395 g/mol. The van der Waals surface area contributed by atoms with E-state index >= 15 is 0 Å². The van der Waals surface area contributed by atoms with E-state index in [1.807, 2.05) is 0 Å². The lowest BCUT2D eigenvalue weighted by molar-refractivity contribution is -0.153. The normalized spacial score (nSPS) is 16.8. The molecule has 1 aromatic rings. The van der Waals surface area contributed by atoms with Gasteiger partial charge in [-0.15, -0.1) is 0 Å². The highest BCUT2D eigenvalue weighted by molar-refractivity contribution is 7.89. The van der Waals surface area contributed by atoms with Gasteiger partial charge < -0.3 is 10.5 Å². The molecule has 1 heterocycles.